The number of halogens is 1. The second kappa shape index (κ2) is 6.22. The number of hydrogen-bond donors (Lipinski definition) is 1. The van der Waals surface area contributed by atoms with Gasteiger partial charge in [0.1, 0.15) is 0 Å². The summed E-state index contributed by atoms with van der Waals surface area (Å²) < 4.78 is 2.83. The molecule has 1 saturated heterocycles. The fourth-order valence-corrected chi connectivity index (χ4v) is 2.98. The molecule has 0 spiro atoms. The van der Waals surface area contributed by atoms with Gasteiger partial charge in [-0.15, -0.1) is 0 Å². The molecule has 1 amide bonds. The number of carbonyl (C=O) groups is 1. The number of aromatic nitrogens is 2. The summed E-state index contributed by atoms with van der Waals surface area (Å²) in [5.41, 5.74) is 2.41. The molecule has 5 nitrogen and oxygen atoms in total. The Kier molecular flexibility index (Phi) is 4.31. The van der Waals surface area contributed by atoms with Crippen LogP contribution >= 0.6 is 15.9 Å². The van der Waals surface area contributed by atoms with Crippen molar-refractivity contribution in [2.45, 2.75) is 19.9 Å². The topological polar surface area (TPSA) is 50.2 Å². The number of rotatable bonds is 2. The molecule has 116 valence electrons. The van der Waals surface area contributed by atoms with Crippen LogP contribution in [0.3, 0.4) is 0 Å². The van der Waals surface area contributed by atoms with Crippen LogP contribution in [0.4, 0.5) is 0 Å². The Morgan fingerprint density at radius 2 is 2.09 bits per heavy atom. The molecule has 0 radical (unpaired) electrons. The number of benzene rings is 1. The van der Waals surface area contributed by atoms with E-state index in [0.29, 0.717) is 5.69 Å². The molecular weight excluding hydrogens is 344 g/mol. The maximum absolute atomic E-state index is 12.7. The van der Waals surface area contributed by atoms with E-state index in [9.17, 15) is 4.79 Å². The zero-order chi connectivity index (χ0) is 15.7. The predicted octanol–water partition coefficient (Wildman–Crippen LogP) is 2.38. The number of amides is 1. The van der Waals surface area contributed by atoms with Crippen LogP contribution in [0.25, 0.3) is 5.69 Å². The average molecular weight is 363 g/mol. The van der Waals surface area contributed by atoms with E-state index in [-0.39, 0.29) is 11.9 Å². The Morgan fingerprint density at radius 1 is 1.36 bits per heavy atom. The number of nitrogens with one attached hydrogen (secondary N) is 1. The van der Waals surface area contributed by atoms with E-state index >= 15 is 0 Å². The van der Waals surface area contributed by atoms with Crippen molar-refractivity contribution in [1.29, 1.82) is 0 Å². The minimum atomic E-state index is 0.00737. The van der Waals surface area contributed by atoms with Crippen LogP contribution < -0.4 is 5.32 Å². The van der Waals surface area contributed by atoms with Gasteiger partial charge in [0.05, 0.1) is 5.69 Å². The fraction of sp³-hybridized carbons (Fsp3) is 0.375. The number of piperazine rings is 1. The molecule has 2 aromatic rings. The highest BCUT2D eigenvalue weighted by molar-refractivity contribution is 9.10. The predicted molar refractivity (Wildman–Crippen MR) is 89.4 cm³/mol. The molecule has 22 heavy (non-hydrogen) atoms. The quantitative estimate of drug-likeness (QED) is 0.892. The smallest absolute Gasteiger partial charge is 0.274 e. The highest BCUT2D eigenvalue weighted by Crippen LogP contribution is 2.17. The van der Waals surface area contributed by atoms with E-state index in [2.05, 4.69) is 33.3 Å². The lowest BCUT2D eigenvalue weighted by molar-refractivity contribution is 0.0649. The second-order valence-corrected chi connectivity index (χ2v) is 6.53. The SMILES string of the molecule is Cc1cc(C(=O)N2CCNC[C@H]2C)nn1-c1ccc(Br)cc1. The highest BCUT2D eigenvalue weighted by atomic mass is 79.9. The highest BCUT2D eigenvalue weighted by Gasteiger charge is 2.26. The molecule has 1 N–H and O–H groups in total. The van der Waals surface area contributed by atoms with Gasteiger partial charge in [0.25, 0.3) is 5.91 Å². The summed E-state index contributed by atoms with van der Waals surface area (Å²) in [5, 5.41) is 7.80. The van der Waals surface area contributed by atoms with E-state index in [4.69, 9.17) is 0 Å². The van der Waals surface area contributed by atoms with Crippen LogP contribution in [0.15, 0.2) is 34.8 Å². The third-order valence-electron chi connectivity index (χ3n) is 3.94. The van der Waals surface area contributed by atoms with Crippen molar-refractivity contribution in [1.82, 2.24) is 20.0 Å². The lowest BCUT2D eigenvalue weighted by atomic mass is 10.2. The van der Waals surface area contributed by atoms with Crippen molar-refractivity contribution in [3.8, 4) is 5.69 Å². The molecule has 1 aliphatic heterocycles. The van der Waals surface area contributed by atoms with Gasteiger partial charge in [0, 0.05) is 35.8 Å². The number of aryl methyl sites for hydroxylation is 1. The summed E-state index contributed by atoms with van der Waals surface area (Å²) >= 11 is 3.43. The normalized spacial score (nSPS) is 18.5. The van der Waals surface area contributed by atoms with Crippen LogP contribution in [0.1, 0.15) is 23.1 Å². The molecule has 1 aromatic carbocycles. The van der Waals surface area contributed by atoms with Gasteiger partial charge in [-0.2, -0.15) is 5.10 Å². The van der Waals surface area contributed by atoms with E-state index in [0.717, 1.165) is 35.5 Å². The molecule has 1 fully saturated rings. The fourth-order valence-electron chi connectivity index (χ4n) is 2.71. The van der Waals surface area contributed by atoms with E-state index in [1.165, 1.54) is 0 Å². The van der Waals surface area contributed by atoms with Crippen LogP contribution in [0.5, 0.6) is 0 Å². The molecule has 6 heteroatoms. The number of nitrogens with zero attached hydrogens (tertiary/aromatic N) is 3. The minimum Gasteiger partial charge on any atom is -0.332 e. The van der Waals surface area contributed by atoms with E-state index in [1.807, 2.05) is 46.8 Å². The Balaban J connectivity index is 1.88. The molecule has 1 aliphatic rings. The maximum atomic E-state index is 12.7. The van der Waals surface area contributed by atoms with E-state index < -0.39 is 0 Å². The molecule has 0 unspecified atom stereocenters. The van der Waals surface area contributed by atoms with Crippen LogP contribution in [0, 0.1) is 6.92 Å². The van der Waals surface area contributed by atoms with Crippen LogP contribution in [0.2, 0.25) is 0 Å². The first-order chi connectivity index (χ1) is 10.6. The molecule has 2 heterocycles. The van der Waals surface area contributed by atoms with Crippen LogP contribution in [-0.4, -0.2) is 46.3 Å². The number of carbonyl (C=O) groups excluding carboxylic acids is 1. The molecule has 1 atom stereocenters. The largest absolute Gasteiger partial charge is 0.332 e. The van der Waals surface area contributed by atoms with Crippen molar-refractivity contribution in [3.05, 3.63) is 46.2 Å². The summed E-state index contributed by atoms with van der Waals surface area (Å²) in [6, 6.07) is 9.95. The Labute approximate surface area is 138 Å². The van der Waals surface area contributed by atoms with Gasteiger partial charge in [-0.25, -0.2) is 4.68 Å². The Bertz CT molecular complexity index is 680. The zero-order valence-corrected chi connectivity index (χ0v) is 14.3. The summed E-state index contributed by atoms with van der Waals surface area (Å²) in [6.07, 6.45) is 0. The molecular formula is C16H19BrN4O. The van der Waals surface area contributed by atoms with Crippen molar-refractivity contribution >= 4 is 21.8 Å². The van der Waals surface area contributed by atoms with E-state index in [1.54, 1.807) is 0 Å². The van der Waals surface area contributed by atoms with Gasteiger partial charge < -0.3 is 10.2 Å². The van der Waals surface area contributed by atoms with Crippen molar-refractivity contribution < 1.29 is 4.79 Å². The molecule has 0 aliphatic carbocycles. The standard InChI is InChI=1S/C16H19BrN4O/c1-11-9-15(16(22)20-8-7-18-10-12(20)2)19-21(11)14-5-3-13(17)4-6-14/h3-6,9,12,18H,7-8,10H2,1-2H3/t12-/m1/s1. The van der Waals surface area contributed by atoms with Crippen molar-refractivity contribution in [3.63, 3.8) is 0 Å². The van der Waals surface area contributed by atoms with Crippen LogP contribution in [-0.2, 0) is 0 Å². The lowest BCUT2D eigenvalue weighted by Crippen LogP contribution is -2.52. The van der Waals surface area contributed by atoms with Gasteiger partial charge in [-0.3, -0.25) is 4.79 Å². The van der Waals surface area contributed by atoms with Gasteiger partial charge in [0.2, 0.25) is 0 Å². The third-order valence-corrected chi connectivity index (χ3v) is 4.47. The first-order valence-electron chi connectivity index (χ1n) is 7.40. The monoisotopic (exact) mass is 362 g/mol. The Hall–Kier alpha value is -1.66. The third kappa shape index (κ3) is 2.94. The summed E-state index contributed by atoms with van der Waals surface area (Å²) in [5.74, 6) is 0.00737. The first-order valence-corrected chi connectivity index (χ1v) is 8.20. The number of hydrogen-bond acceptors (Lipinski definition) is 3. The first kappa shape index (κ1) is 15.2. The van der Waals surface area contributed by atoms with Gasteiger partial charge in [-0.1, -0.05) is 15.9 Å². The lowest BCUT2D eigenvalue weighted by Gasteiger charge is -2.33. The van der Waals surface area contributed by atoms with Gasteiger partial charge in [0.15, 0.2) is 5.69 Å². The second-order valence-electron chi connectivity index (χ2n) is 5.61. The average Bonchev–Trinajstić information content (AvgIpc) is 2.90. The summed E-state index contributed by atoms with van der Waals surface area (Å²) in [7, 11) is 0. The van der Waals surface area contributed by atoms with Gasteiger partial charge in [-0.05, 0) is 44.2 Å². The zero-order valence-electron chi connectivity index (χ0n) is 12.7. The molecule has 3 rings (SSSR count). The summed E-state index contributed by atoms with van der Waals surface area (Å²) in [4.78, 5) is 14.6. The Morgan fingerprint density at radius 3 is 2.77 bits per heavy atom. The maximum Gasteiger partial charge on any atom is 0.274 e. The summed E-state index contributed by atoms with van der Waals surface area (Å²) in [6.45, 7) is 6.42. The molecule has 0 saturated carbocycles. The van der Waals surface area contributed by atoms with Crippen molar-refractivity contribution in [2.75, 3.05) is 19.6 Å². The molecule has 1 aromatic heterocycles. The minimum absolute atomic E-state index is 0.00737. The van der Waals surface area contributed by atoms with Gasteiger partial charge >= 0.3 is 0 Å². The molecule has 0 bridgehead atoms. The van der Waals surface area contributed by atoms with Crippen molar-refractivity contribution in [2.24, 2.45) is 0 Å².